The van der Waals surface area contributed by atoms with Gasteiger partial charge in [-0.2, -0.15) is 0 Å². The molecule has 184 valence electrons. The van der Waals surface area contributed by atoms with Crippen LogP contribution in [-0.4, -0.2) is 37.1 Å². The van der Waals surface area contributed by atoms with Gasteiger partial charge in [-0.1, -0.05) is 23.7 Å². The van der Waals surface area contributed by atoms with Crippen LogP contribution in [0, 0.1) is 0 Å². The zero-order valence-electron chi connectivity index (χ0n) is 19.8. The van der Waals surface area contributed by atoms with E-state index >= 15 is 0 Å². The number of benzene rings is 3. The lowest BCUT2D eigenvalue weighted by atomic mass is 9.94. The highest BCUT2D eigenvalue weighted by molar-refractivity contribution is 6.51. The zero-order valence-corrected chi connectivity index (χ0v) is 20.5. The summed E-state index contributed by atoms with van der Waals surface area (Å²) in [6, 6.07) is 16.2. The molecule has 36 heavy (non-hydrogen) atoms. The number of hydrogen-bond acceptors (Lipinski definition) is 6. The average molecular weight is 506 g/mol. The van der Waals surface area contributed by atoms with Gasteiger partial charge in [0.2, 0.25) is 0 Å². The molecule has 3 aromatic rings. The van der Waals surface area contributed by atoms with E-state index in [0.717, 1.165) is 11.3 Å². The van der Waals surface area contributed by atoms with E-state index in [4.69, 9.17) is 25.8 Å². The Morgan fingerprint density at radius 2 is 1.94 bits per heavy atom. The van der Waals surface area contributed by atoms with Crippen molar-refractivity contribution in [1.29, 1.82) is 0 Å². The van der Waals surface area contributed by atoms with Gasteiger partial charge in [0.25, 0.3) is 11.7 Å². The molecule has 1 saturated heterocycles. The Kier molecular flexibility index (Phi) is 6.33. The summed E-state index contributed by atoms with van der Waals surface area (Å²) in [5.74, 6) is -0.0850. The maximum absolute atomic E-state index is 13.4. The standard InChI is InChI=1S/C28H24ClNO6/c1-3-35-23-14-17(7-10-22(23)34-2)25-24(26(31)18-8-9-21-16(13-18)11-12-36-21)27(32)28(33)30(25)20-6-4-5-19(29)15-20/h4-10,13-15,25,31H,3,11-12H2,1-2H3/b26-24+. The number of carbonyl (C=O) groups is 2. The molecule has 3 aromatic carbocycles. The third kappa shape index (κ3) is 4.05. The highest BCUT2D eigenvalue weighted by Gasteiger charge is 2.47. The second kappa shape index (κ2) is 9.59. The van der Waals surface area contributed by atoms with E-state index in [2.05, 4.69) is 0 Å². The van der Waals surface area contributed by atoms with E-state index in [9.17, 15) is 14.7 Å². The molecule has 1 N–H and O–H groups in total. The molecule has 2 aliphatic rings. The molecule has 0 aliphatic carbocycles. The SMILES string of the molecule is CCOc1cc(C2/C(=C(\O)c3ccc4c(c3)CCO4)C(=O)C(=O)N2c2cccc(Cl)c2)ccc1OC. The second-order valence-corrected chi connectivity index (χ2v) is 8.85. The molecule has 7 nitrogen and oxygen atoms in total. The van der Waals surface area contributed by atoms with Gasteiger partial charge in [-0.25, -0.2) is 0 Å². The van der Waals surface area contributed by atoms with Crippen molar-refractivity contribution < 1.29 is 28.9 Å². The van der Waals surface area contributed by atoms with Crippen LogP contribution >= 0.6 is 11.6 Å². The Balaban J connectivity index is 1.72. The predicted molar refractivity (Wildman–Crippen MR) is 136 cm³/mol. The van der Waals surface area contributed by atoms with Crippen molar-refractivity contribution in [3.8, 4) is 17.2 Å². The highest BCUT2D eigenvalue weighted by Crippen LogP contribution is 2.45. The largest absolute Gasteiger partial charge is 0.507 e. The van der Waals surface area contributed by atoms with Gasteiger partial charge in [-0.3, -0.25) is 14.5 Å². The number of carbonyl (C=O) groups excluding carboxylic acids is 2. The monoisotopic (exact) mass is 505 g/mol. The van der Waals surface area contributed by atoms with Gasteiger partial charge in [0.05, 0.1) is 31.9 Å². The average Bonchev–Trinajstić information content (AvgIpc) is 3.45. The van der Waals surface area contributed by atoms with Gasteiger partial charge in [0.1, 0.15) is 11.5 Å². The Hall–Kier alpha value is -3.97. The molecule has 1 atom stereocenters. The molecular formula is C28H24ClNO6. The van der Waals surface area contributed by atoms with Crippen LogP contribution in [0.3, 0.4) is 0 Å². The van der Waals surface area contributed by atoms with Gasteiger partial charge in [-0.15, -0.1) is 0 Å². The normalized spacial score (nSPS) is 18.2. The van der Waals surface area contributed by atoms with Gasteiger partial charge < -0.3 is 19.3 Å². The summed E-state index contributed by atoms with van der Waals surface area (Å²) in [7, 11) is 1.53. The summed E-state index contributed by atoms with van der Waals surface area (Å²) in [5, 5.41) is 11.8. The minimum Gasteiger partial charge on any atom is -0.507 e. The number of Topliss-reactive ketones (excluding diaryl/α,β-unsaturated/α-hetero) is 1. The molecule has 1 unspecified atom stereocenters. The number of fused-ring (bicyclic) bond motifs is 1. The first-order chi connectivity index (χ1) is 17.4. The third-order valence-corrected chi connectivity index (χ3v) is 6.53. The smallest absolute Gasteiger partial charge is 0.300 e. The van der Waals surface area contributed by atoms with Crippen LogP contribution in [0.2, 0.25) is 5.02 Å². The van der Waals surface area contributed by atoms with Gasteiger partial charge in [-0.05, 0) is 66.6 Å². The minimum atomic E-state index is -0.918. The van der Waals surface area contributed by atoms with E-state index in [-0.39, 0.29) is 11.3 Å². The summed E-state index contributed by atoms with van der Waals surface area (Å²) in [6.07, 6.45) is 0.701. The Labute approximate surface area is 213 Å². The number of hydrogen-bond donors (Lipinski definition) is 1. The maximum atomic E-state index is 13.4. The Morgan fingerprint density at radius 3 is 2.69 bits per heavy atom. The molecule has 2 heterocycles. The summed E-state index contributed by atoms with van der Waals surface area (Å²) in [5.41, 5.74) is 2.36. The summed E-state index contributed by atoms with van der Waals surface area (Å²) in [6.45, 7) is 2.80. The molecule has 0 aromatic heterocycles. The highest BCUT2D eigenvalue weighted by atomic mass is 35.5. The van der Waals surface area contributed by atoms with Crippen molar-refractivity contribution in [2.45, 2.75) is 19.4 Å². The van der Waals surface area contributed by atoms with E-state index < -0.39 is 17.7 Å². The van der Waals surface area contributed by atoms with Crippen LogP contribution in [0.1, 0.15) is 29.7 Å². The zero-order chi connectivity index (χ0) is 25.4. The Bertz CT molecular complexity index is 1400. The van der Waals surface area contributed by atoms with E-state index in [0.29, 0.717) is 53.0 Å². The van der Waals surface area contributed by atoms with Gasteiger partial charge >= 0.3 is 0 Å². The van der Waals surface area contributed by atoms with E-state index in [1.54, 1.807) is 60.7 Å². The van der Waals surface area contributed by atoms with Crippen molar-refractivity contribution in [2.24, 2.45) is 0 Å². The summed E-state index contributed by atoms with van der Waals surface area (Å²) < 4.78 is 16.7. The molecule has 0 radical (unpaired) electrons. The summed E-state index contributed by atoms with van der Waals surface area (Å²) >= 11 is 6.22. The van der Waals surface area contributed by atoms with Crippen LogP contribution in [0.4, 0.5) is 5.69 Å². The summed E-state index contributed by atoms with van der Waals surface area (Å²) in [4.78, 5) is 28.2. The fourth-order valence-corrected chi connectivity index (χ4v) is 4.85. The number of rotatable bonds is 6. The maximum Gasteiger partial charge on any atom is 0.300 e. The molecular weight excluding hydrogens is 482 g/mol. The van der Waals surface area contributed by atoms with Crippen molar-refractivity contribution in [3.05, 3.63) is 87.9 Å². The number of aliphatic hydroxyl groups is 1. The van der Waals surface area contributed by atoms with E-state index in [1.165, 1.54) is 12.0 Å². The van der Waals surface area contributed by atoms with Crippen molar-refractivity contribution in [3.63, 3.8) is 0 Å². The number of ether oxygens (including phenoxy) is 3. The van der Waals surface area contributed by atoms with Crippen LogP contribution in [-0.2, 0) is 16.0 Å². The van der Waals surface area contributed by atoms with Crippen molar-refractivity contribution in [1.82, 2.24) is 0 Å². The first-order valence-corrected chi connectivity index (χ1v) is 11.9. The fraction of sp³-hybridized carbons (Fsp3) is 0.214. The molecule has 0 saturated carbocycles. The first kappa shape index (κ1) is 23.8. The predicted octanol–water partition coefficient (Wildman–Crippen LogP) is 5.31. The van der Waals surface area contributed by atoms with E-state index in [1.807, 2.05) is 6.92 Å². The van der Waals surface area contributed by atoms with Crippen LogP contribution in [0.5, 0.6) is 17.2 Å². The van der Waals surface area contributed by atoms with Crippen LogP contribution in [0.25, 0.3) is 5.76 Å². The molecule has 1 fully saturated rings. The fourth-order valence-electron chi connectivity index (χ4n) is 4.66. The van der Waals surface area contributed by atoms with Crippen molar-refractivity contribution in [2.75, 3.05) is 25.2 Å². The first-order valence-electron chi connectivity index (χ1n) is 11.6. The van der Waals surface area contributed by atoms with Crippen molar-refractivity contribution >= 4 is 34.7 Å². The number of ketones is 1. The molecule has 1 amide bonds. The molecule has 8 heteroatoms. The lowest BCUT2D eigenvalue weighted by Crippen LogP contribution is -2.29. The van der Waals surface area contributed by atoms with Gasteiger partial charge in [0.15, 0.2) is 11.5 Å². The van der Waals surface area contributed by atoms with Crippen LogP contribution < -0.4 is 19.1 Å². The molecule has 0 spiro atoms. The quantitative estimate of drug-likeness (QED) is 0.278. The third-order valence-electron chi connectivity index (χ3n) is 6.30. The number of anilines is 1. The molecule has 0 bridgehead atoms. The number of halogens is 1. The number of amides is 1. The molecule has 5 rings (SSSR count). The number of aliphatic hydroxyl groups excluding tert-OH is 1. The topological polar surface area (TPSA) is 85.3 Å². The van der Waals surface area contributed by atoms with Gasteiger partial charge in [0, 0.05) is 22.7 Å². The lowest BCUT2D eigenvalue weighted by Gasteiger charge is -2.26. The lowest BCUT2D eigenvalue weighted by molar-refractivity contribution is -0.132. The number of nitrogens with zero attached hydrogens (tertiary/aromatic N) is 1. The second-order valence-electron chi connectivity index (χ2n) is 8.41. The number of methoxy groups -OCH3 is 1. The Morgan fingerprint density at radius 1 is 1.11 bits per heavy atom. The molecule has 2 aliphatic heterocycles. The van der Waals surface area contributed by atoms with Crippen LogP contribution in [0.15, 0.2) is 66.2 Å². The minimum absolute atomic E-state index is 0.0218.